The molecule has 1 rings (SSSR count). The van der Waals surface area contributed by atoms with Gasteiger partial charge in [-0.2, -0.15) is 0 Å². The highest BCUT2D eigenvalue weighted by atomic mass is 32.2. The Labute approximate surface area is 131 Å². The van der Waals surface area contributed by atoms with Crippen molar-refractivity contribution in [2.45, 2.75) is 51.7 Å². The number of imidazole rings is 1. The lowest BCUT2D eigenvalue weighted by Gasteiger charge is -2.22. The van der Waals surface area contributed by atoms with E-state index in [0.29, 0.717) is 19.1 Å². The number of rotatable bonds is 8. The van der Waals surface area contributed by atoms with Gasteiger partial charge in [-0.05, 0) is 5.92 Å². The number of thioether (sulfide) groups is 1. The number of hydrogen-bond acceptors (Lipinski definition) is 4. The number of aromatic nitrogens is 2. The van der Waals surface area contributed by atoms with Crippen molar-refractivity contribution in [2.75, 3.05) is 19.0 Å². The molecule has 1 aromatic rings. The molecule has 0 bridgehead atoms. The standard InChI is InChI=1S/C15H26N2O3S/c1-11(2)9-20-7-6-17-12(15(3,4)5)8-16-14(17)21-10-13(18)19/h8,11H,6-7,9-10H2,1-5H3,(H,18,19). The van der Waals surface area contributed by atoms with Gasteiger partial charge in [-0.15, -0.1) is 0 Å². The largest absolute Gasteiger partial charge is 0.481 e. The maximum absolute atomic E-state index is 10.7. The van der Waals surface area contributed by atoms with Gasteiger partial charge in [-0.25, -0.2) is 4.98 Å². The van der Waals surface area contributed by atoms with Crippen LogP contribution in [-0.4, -0.2) is 39.6 Å². The van der Waals surface area contributed by atoms with Crippen LogP contribution in [0.4, 0.5) is 0 Å². The highest BCUT2D eigenvalue weighted by Crippen LogP contribution is 2.27. The molecule has 0 fully saturated rings. The number of carboxylic acids is 1. The third-order valence-electron chi connectivity index (χ3n) is 2.82. The van der Waals surface area contributed by atoms with Crippen molar-refractivity contribution in [2.24, 2.45) is 5.92 Å². The fourth-order valence-corrected chi connectivity index (χ4v) is 2.62. The molecule has 1 N–H and O–H groups in total. The monoisotopic (exact) mass is 314 g/mol. The van der Waals surface area contributed by atoms with Crippen molar-refractivity contribution < 1.29 is 14.6 Å². The van der Waals surface area contributed by atoms with E-state index in [1.807, 2.05) is 6.20 Å². The van der Waals surface area contributed by atoms with E-state index in [1.54, 1.807) is 0 Å². The van der Waals surface area contributed by atoms with Gasteiger partial charge in [0, 0.05) is 30.5 Å². The first-order valence-corrected chi connectivity index (χ1v) is 8.18. The molecule has 5 nitrogen and oxygen atoms in total. The maximum atomic E-state index is 10.7. The van der Waals surface area contributed by atoms with Crippen LogP contribution >= 0.6 is 11.8 Å². The molecule has 0 saturated carbocycles. The van der Waals surface area contributed by atoms with E-state index in [4.69, 9.17) is 9.84 Å². The summed E-state index contributed by atoms with van der Waals surface area (Å²) >= 11 is 1.25. The first kappa shape index (κ1) is 18.0. The maximum Gasteiger partial charge on any atom is 0.313 e. The fourth-order valence-electron chi connectivity index (χ4n) is 1.89. The lowest BCUT2D eigenvalue weighted by atomic mass is 9.93. The van der Waals surface area contributed by atoms with Crippen LogP contribution < -0.4 is 0 Å². The smallest absolute Gasteiger partial charge is 0.313 e. The summed E-state index contributed by atoms with van der Waals surface area (Å²) in [6, 6.07) is 0. The molecule has 21 heavy (non-hydrogen) atoms. The van der Waals surface area contributed by atoms with Gasteiger partial charge < -0.3 is 14.4 Å². The molecule has 0 saturated heterocycles. The molecular weight excluding hydrogens is 288 g/mol. The second kappa shape index (κ2) is 7.84. The van der Waals surface area contributed by atoms with Gasteiger partial charge in [-0.1, -0.05) is 46.4 Å². The minimum absolute atomic E-state index is 0.0213. The summed E-state index contributed by atoms with van der Waals surface area (Å²) in [6.07, 6.45) is 1.84. The molecule has 0 aromatic carbocycles. The van der Waals surface area contributed by atoms with Crippen LogP contribution in [0.2, 0.25) is 0 Å². The number of ether oxygens (including phenoxy) is 1. The average Bonchev–Trinajstić information content (AvgIpc) is 2.74. The zero-order valence-electron chi connectivity index (χ0n) is 13.5. The Morgan fingerprint density at radius 1 is 1.48 bits per heavy atom. The van der Waals surface area contributed by atoms with Crippen LogP contribution in [-0.2, 0) is 21.5 Å². The van der Waals surface area contributed by atoms with Gasteiger partial charge in [0.1, 0.15) is 0 Å². The van der Waals surface area contributed by atoms with Crippen molar-refractivity contribution in [1.82, 2.24) is 9.55 Å². The Balaban J connectivity index is 2.79. The molecule has 120 valence electrons. The normalized spacial score (nSPS) is 12.1. The predicted molar refractivity (Wildman–Crippen MR) is 84.9 cm³/mol. The topological polar surface area (TPSA) is 64.4 Å². The molecule has 6 heteroatoms. The van der Waals surface area contributed by atoms with E-state index >= 15 is 0 Å². The van der Waals surface area contributed by atoms with E-state index in [-0.39, 0.29) is 11.2 Å². The van der Waals surface area contributed by atoms with E-state index in [0.717, 1.165) is 17.5 Å². The highest BCUT2D eigenvalue weighted by Gasteiger charge is 2.22. The van der Waals surface area contributed by atoms with Crippen LogP contribution in [0.3, 0.4) is 0 Å². The lowest BCUT2D eigenvalue weighted by molar-refractivity contribution is -0.133. The summed E-state index contributed by atoms with van der Waals surface area (Å²) in [6.45, 7) is 12.7. The Bertz CT molecular complexity index is 464. The summed E-state index contributed by atoms with van der Waals surface area (Å²) in [5, 5.41) is 9.57. The first-order chi connectivity index (χ1) is 9.71. The van der Waals surface area contributed by atoms with Crippen molar-refractivity contribution in [3.05, 3.63) is 11.9 Å². The minimum Gasteiger partial charge on any atom is -0.481 e. The molecular formula is C15H26N2O3S. The molecule has 1 aromatic heterocycles. The molecule has 0 aliphatic heterocycles. The van der Waals surface area contributed by atoms with Crippen molar-refractivity contribution in [3.8, 4) is 0 Å². The molecule has 0 radical (unpaired) electrons. The second-order valence-corrected chi connectivity index (χ2v) is 7.42. The Morgan fingerprint density at radius 3 is 2.67 bits per heavy atom. The zero-order valence-corrected chi connectivity index (χ0v) is 14.4. The Morgan fingerprint density at radius 2 is 2.14 bits per heavy atom. The summed E-state index contributed by atoms with van der Waals surface area (Å²) in [5.41, 5.74) is 1.07. The van der Waals surface area contributed by atoms with Crippen molar-refractivity contribution in [3.63, 3.8) is 0 Å². The van der Waals surface area contributed by atoms with Crippen molar-refractivity contribution >= 4 is 17.7 Å². The van der Waals surface area contributed by atoms with E-state index in [2.05, 4.69) is 44.2 Å². The van der Waals surface area contributed by atoms with Gasteiger partial charge >= 0.3 is 5.97 Å². The van der Waals surface area contributed by atoms with Crippen LogP contribution in [0, 0.1) is 5.92 Å². The molecule has 0 spiro atoms. The summed E-state index contributed by atoms with van der Waals surface area (Å²) < 4.78 is 7.72. The van der Waals surface area contributed by atoms with Crippen LogP contribution in [0.5, 0.6) is 0 Å². The summed E-state index contributed by atoms with van der Waals surface area (Å²) in [7, 11) is 0. The number of hydrogen-bond donors (Lipinski definition) is 1. The highest BCUT2D eigenvalue weighted by molar-refractivity contribution is 7.99. The van der Waals surface area contributed by atoms with Gasteiger partial charge in [0.25, 0.3) is 0 Å². The third-order valence-corrected chi connectivity index (χ3v) is 3.80. The molecule has 0 amide bonds. The number of nitrogens with zero attached hydrogens (tertiary/aromatic N) is 2. The zero-order chi connectivity index (χ0) is 16.0. The summed E-state index contributed by atoms with van der Waals surface area (Å²) in [4.78, 5) is 15.1. The molecule has 1 heterocycles. The Kier molecular flexibility index (Phi) is 6.74. The van der Waals surface area contributed by atoms with Gasteiger partial charge in [0.05, 0.1) is 12.4 Å². The third kappa shape index (κ3) is 6.09. The van der Waals surface area contributed by atoms with Crippen LogP contribution in [0.15, 0.2) is 11.4 Å². The van der Waals surface area contributed by atoms with E-state index in [9.17, 15) is 4.79 Å². The quantitative estimate of drug-likeness (QED) is 0.590. The summed E-state index contributed by atoms with van der Waals surface area (Å²) in [5.74, 6) is -0.299. The van der Waals surface area contributed by atoms with Gasteiger partial charge in [-0.3, -0.25) is 4.79 Å². The first-order valence-electron chi connectivity index (χ1n) is 7.20. The SMILES string of the molecule is CC(C)COCCn1c(C(C)(C)C)cnc1SCC(=O)O. The number of aliphatic carboxylic acids is 1. The molecule has 0 atom stereocenters. The molecule has 0 aliphatic carbocycles. The van der Waals surface area contributed by atoms with Crippen LogP contribution in [0.25, 0.3) is 0 Å². The van der Waals surface area contributed by atoms with Crippen LogP contribution in [0.1, 0.15) is 40.3 Å². The molecule has 0 unspecified atom stereocenters. The second-order valence-electron chi connectivity index (χ2n) is 6.48. The van der Waals surface area contributed by atoms with Gasteiger partial charge in [0.15, 0.2) is 5.16 Å². The fraction of sp³-hybridized carbons (Fsp3) is 0.733. The van der Waals surface area contributed by atoms with Crippen molar-refractivity contribution in [1.29, 1.82) is 0 Å². The van der Waals surface area contributed by atoms with Gasteiger partial charge in [0.2, 0.25) is 0 Å². The predicted octanol–water partition coefficient (Wildman–Crippen LogP) is 3.03. The van der Waals surface area contributed by atoms with E-state index in [1.165, 1.54) is 11.8 Å². The minimum atomic E-state index is -0.831. The number of carboxylic acid groups (broad SMARTS) is 1. The lowest BCUT2D eigenvalue weighted by Crippen LogP contribution is -2.20. The van der Waals surface area contributed by atoms with E-state index < -0.39 is 5.97 Å². The average molecular weight is 314 g/mol. The number of carbonyl (C=O) groups is 1. The molecule has 0 aliphatic rings. The Hall–Kier alpha value is -1.01.